The Kier molecular flexibility index (Phi) is 5.52. The molecule has 0 aromatic heterocycles. The number of carbonyl (C=O) groups is 3. The molecule has 0 aliphatic heterocycles. The molecule has 1 aromatic carbocycles. The number of amides is 3. The van der Waals surface area contributed by atoms with Gasteiger partial charge in [-0.05, 0) is 18.1 Å². The fourth-order valence-corrected chi connectivity index (χ4v) is 1.59. The highest BCUT2D eigenvalue weighted by Gasteiger charge is 2.21. The minimum Gasteiger partial charge on any atom is -0.480 e. The summed E-state index contributed by atoms with van der Waals surface area (Å²) in [4.78, 5) is 33.1. The number of aryl methyl sites for hydroxylation is 1. The molecule has 0 saturated heterocycles. The van der Waals surface area contributed by atoms with Crippen LogP contribution in [0.25, 0.3) is 0 Å². The summed E-state index contributed by atoms with van der Waals surface area (Å²) in [6, 6.07) is 5.49. The van der Waals surface area contributed by atoms with Crippen LogP contribution in [0.4, 0.5) is 4.79 Å². The number of primary amides is 1. The van der Waals surface area contributed by atoms with Crippen LogP contribution < -0.4 is 16.4 Å². The average molecular weight is 279 g/mol. The molecule has 0 spiro atoms. The number of carbonyl (C=O) groups excluding carboxylic acids is 2. The standard InChI is InChI=1S/C13H17N3O4/c1-8-4-2-3-5-9(8)7-15-13(20)16-10(12(18)19)6-11(14)17/h2-5,10H,6-7H2,1H3,(H2,14,17)(H,18,19)(H2,15,16,20). The van der Waals surface area contributed by atoms with Crippen molar-refractivity contribution in [1.82, 2.24) is 10.6 Å². The lowest BCUT2D eigenvalue weighted by Crippen LogP contribution is -2.47. The van der Waals surface area contributed by atoms with Gasteiger partial charge in [0.1, 0.15) is 6.04 Å². The van der Waals surface area contributed by atoms with Gasteiger partial charge in [-0.15, -0.1) is 0 Å². The lowest BCUT2D eigenvalue weighted by atomic mass is 10.1. The van der Waals surface area contributed by atoms with Gasteiger partial charge in [-0.3, -0.25) is 4.79 Å². The van der Waals surface area contributed by atoms with Crippen molar-refractivity contribution in [2.24, 2.45) is 5.73 Å². The average Bonchev–Trinajstić information content (AvgIpc) is 2.36. The van der Waals surface area contributed by atoms with Crippen LogP contribution in [0.15, 0.2) is 24.3 Å². The summed E-state index contributed by atoms with van der Waals surface area (Å²) >= 11 is 0. The molecule has 5 N–H and O–H groups in total. The number of carboxylic acid groups (broad SMARTS) is 1. The fourth-order valence-electron chi connectivity index (χ4n) is 1.59. The SMILES string of the molecule is Cc1ccccc1CNC(=O)NC(CC(N)=O)C(=O)O. The van der Waals surface area contributed by atoms with Crippen molar-refractivity contribution in [2.45, 2.75) is 25.9 Å². The third kappa shape index (κ3) is 4.97. The van der Waals surface area contributed by atoms with E-state index < -0.39 is 30.4 Å². The van der Waals surface area contributed by atoms with Crippen molar-refractivity contribution in [3.05, 3.63) is 35.4 Å². The fraction of sp³-hybridized carbons (Fsp3) is 0.308. The maximum absolute atomic E-state index is 11.6. The summed E-state index contributed by atoms with van der Waals surface area (Å²) in [7, 11) is 0. The van der Waals surface area contributed by atoms with E-state index in [1.54, 1.807) is 0 Å². The van der Waals surface area contributed by atoms with E-state index in [0.29, 0.717) is 0 Å². The summed E-state index contributed by atoms with van der Waals surface area (Å²) in [6.07, 6.45) is -0.451. The van der Waals surface area contributed by atoms with E-state index in [1.807, 2.05) is 31.2 Å². The third-order valence-corrected chi connectivity index (χ3v) is 2.71. The van der Waals surface area contributed by atoms with Crippen molar-refractivity contribution in [1.29, 1.82) is 0 Å². The van der Waals surface area contributed by atoms with E-state index in [1.165, 1.54) is 0 Å². The molecule has 1 unspecified atom stereocenters. The number of hydrogen-bond donors (Lipinski definition) is 4. The second kappa shape index (κ2) is 7.13. The highest BCUT2D eigenvalue weighted by atomic mass is 16.4. The first-order valence-corrected chi connectivity index (χ1v) is 6.00. The van der Waals surface area contributed by atoms with Gasteiger partial charge in [0.2, 0.25) is 5.91 Å². The molecule has 0 aliphatic carbocycles. The lowest BCUT2D eigenvalue weighted by Gasteiger charge is -2.14. The second-order valence-electron chi connectivity index (χ2n) is 4.31. The highest BCUT2D eigenvalue weighted by molar-refractivity contribution is 5.87. The molecule has 0 radical (unpaired) electrons. The zero-order valence-electron chi connectivity index (χ0n) is 11.1. The summed E-state index contributed by atoms with van der Waals surface area (Å²) in [5.41, 5.74) is 6.85. The number of benzene rings is 1. The lowest BCUT2D eigenvalue weighted by molar-refractivity contribution is -0.140. The Morgan fingerprint density at radius 1 is 1.30 bits per heavy atom. The zero-order chi connectivity index (χ0) is 15.1. The Morgan fingerprint density at radius 2 is 1.95 bits per heavy atom. The van der Waals surface area contributed by atoms with Crippen molar-refractivity contribution in [2.75, 3.05) is 0 Å². The molecule has 0 fully saturated rings. The Balaban J connectivity index is 2.52. The van der Waals surface area contributed by atoms with Crippen LogP contribution in [0.1, 0.15) is 17.5 Å². The van der Waals surface area contributed by atoms with E-state index in [2.05, 4.69) is 10.6 Å². The van der Waals surface area contributed by atoms with Gasteiger partial charge in [-0.25, -0.2) is 9.59 Å². The van der Waals surface area contributed by atoms with Gasteiger partial charge in [-0.1, -0.05) is 24.3 Å². The van der Waals surface area contributed by atoms with E-state index in [4.69, 9.17) is 10.8 Å². The number of nitrogens with two attached hydrogens (primary N) is 1. The zero-order valence-corrected chi connectivity index (χ0v) is 11.1. The third-order valence-electron chi connectivity index (χ3n) is 2.71. The van der Waals surface area contributed by atoms with Crippen LogP contribution in [0.2, 0.25) is 0 Å². The monoisotopic (exact) mass is 279 g/mol. The number of hydrogen-bond acceptors (Lipinski definition) is 3. The second-order valence-corrected chi connectivity index (χ2v) is 4.31. The minimum atomic E-state index is -1.33. The van der Waals surface area contributed by atoms with Crippen molar-refractivity contribution in [3.63, 3.8) is 0 Å². The van der Waals surface area contributed by atoms with Crippen molar-refractivity contribution < 1.29 is 19.5 Å². The molecule has 1 rings (SSSR count). The van der Waals surface area contributed by atoms with Crippen LogP contribution in [0.3, 0.4) is 0 Å². The largest absolute Gasteiger partial charge is 0.480 e. The van der Waals surface area contributed by atoms with Crippen LogP contribution in [0, 0.1) is 6.92 Å². The maximum atomic E-state index is 11.6. The molecule has 7 heteroatoms. The molecule has 20 heavy (non-hydrogen) atoms. The Labute approximate surface area is 116 Å². The van der Waals surface area contributed by atoms with Gasteiger partial charge in [0.15, 0.2) is 0 Å². The molecular weight excluding hydrogens is 262 g/mol. The first-order chi connectivity index (χ1) is 9.40. The predicted molar refractivity (Wildman–Crippen MR) is 71.8 cm³/mol. The molecule has 7 nitrogen and oxygen atoms in total. The molecule has 0 aliphatic rings. The summed E-state index contributed by atoms with van der Waals surface area (Å²) in [6.45, 7) is 2.17. The molecule has 108 valence electrons. The molecule has 1 atom stereocenters. The van der Waals surface area contributed by atoms with Crippen molar-refractivity contribution in [3.8, 4) is 0 Å². The van der Waals surface area contributed by atoms with E-state index in [0.717, 1.165) is 11.1 Å². The number of nitrogens with one attached hydrogen (secondary N) is 2. The number of carboxylic acids is 1. The van der Waals surface area contributed by atoms with Crippen LogP contribution in [0.5, 0.6) is 0 Å². The van der Waals surface area contributed by atoms with Crippen molar-refractivity contribution >= 4 is 17.9 Å². The Bertz CT molecular complexity index is 516. The number of aliphatic carboxylic acids is 1. The molecule has 0 saturated carbocycles. The first-order valence-electron chi connectivity index (χ1n) is 6.00. The Hall–Kier alpha value is -2.57. The number of rotatable bonds is 6. The highest BCUT2D eigenvalue weighted by Crippen LogP contribution is 2.05. The molecule has 1 aromatic rings. The van der Waals surface area contributed by atoms with Gasteiger partial charge in [0.25, 0.3) is 0 Å². The predicted octanol–water partition coefficient (Wildman–Crippen LogP) is 0.123. The Morgan fingerprint density at radius 3 is 2.50 bits per heavy atom. The topological polar surface area (TPSA) is 122 Å². The van der Waals surface area contributed by atoms with Crippen LogP contribution in [-0.4, -0.2) is 29.1 Å². The summed E-state index contributed by atoms with van der Waals surface area (Å²) in [5.74, 6) is -2.11. The van der Waals surface area contributed by atoms with Gasteiger partial charge >= 0.3 is 12.0 Å². The summed E-state index contributed by atoms with van der Waals surface area (Å²) in [5, 5.41) is 13.6. The maximum Gasteiger partial charge on any atom is 0.326 e. The van der Waals surface area contributed by atoms with Gasteiger partial charge in [0, 0.05) is 6.54 Å². The van der Waals surface area contributed by atoms with E-state index in [-0.39, 0.29) is 6.54 Å². The molecule has 0 bridgehead atoms. The normalized spacial score (nSPS) is 11.4. The van der Waals surface area contributed by atoms with E-state index >= 15 is 0 Å². The smallest absolute Gasteiger partial charge is 0.326 e. The minimum absolute atomic E-state index is 0.265. The first kappa shape index (κ1) is 15.5. The molecular formula is C13H17N3O4. The van der Waals surface area contributed by atoms with E-state index in [9.17, 15) is 14.4 Å². The number of urea groups is 1. The molecule has 0 heterocycles. The van der Waals surface area contributed by atoms with Crippen LogP contribution >= 0.6 is 0 Å². The quantitative estimate of drug-likeness (QED) is 0.591. The molecule has 3 amide bonds. The van der Waals surface area contributed by atoms with Crippen LogP contribution in [-0.2, 0) is 16.1 Å². The van der Waals surface area contributed by atoms with Gasteiger partial charge in [0.05, 0.1) is 6.42 Å². The van der Waals surface area contributed by atoms with Gasteiger partial charge < -0.3 is 21.5 Å². The summed E-state index contributed by atoms with van der Waals surface area (Å²) < 4.78 is 0. The van der Waals surface area contributed by atoms with Gasteiger partial charge in [-0.2, -0.15) is 0 Å².